The van der Waals surface area contributed by atoms with E-state index in [1.807, 2.05) is 0 Å². The minimum Gasteiger partial charge on any atom is -0.442 e. The highest BCUT2D eigenvalue weighted by Crippen LogP contribution is 2.24. The highest BCUT2D eigenvalue weighted by molar-refractivity contribution is 7.11. The molecule has 0 radical (unpaired) electrons. The number of rotatable bonds is 11. The Kier molecular flexibility index (Phi) is 7.36. The second-order valence-electron chi connectivity index (χ2n) is 7.43. The lowest BCUT2D eigenvalue weighted by Crippen LogP contribution is -2.28. The average Bonchev–Trinajstić information content (AvgIpc) is 3.60. The molecule has 0 aliphatic heterocycles. The molecule has 0 unspecified atom stereocenters. The highest BCUT2D eigenvalue weighted by Gasteiger charge is 2.20. The molecule has 0 bridgehead atoms. The molecule has 1 aromatic carbocycles. The van der Waals surface area contributed by atoms with E-state index < -0.39 is 0 Å². The SMILES string of the molecule is O=C(CCCCC[C@H](NC(=O)c1cncs1)c1nc(-c2ccc(F)cc2)c[nH]1)c1ncco1. The number of aromatic amines is 1. The van der Waals surface area contributed by atoms with Crippen molar-refractivity contribution in [3.63, 3.8) is 0 Å². The van der Waals surface area contributed by atoms with Crippen LogP contribution in [0, 0.1) is 5.82 Å². The maximum atomic E-state index is 13.2. The van der Waals surface area contributed by atoms with Gasteiger partial charge in [0.1, 0.15) is 22.8 Å². The van der Waals surface area contributed by atoms with E-state index in [2.05, 4.69) is 25.3 Å². The number of nitrogens with zero attached hydrogens (tertiary/aromatic N) is 3. The molecule has 0 saturated carbocycles. The standard InChI is InChI=1S/C23H22FN5O3S/c24-16-8-6-15(7-9-16)18-12-27-21(28-18)17(29-22(31)20-13-25-14-33-20)4-2-1-3-5-19(30)23-26-10-11-32-23/h6-14,17H,1-5H2,(H,27,28)(H,29,31)/t17-/m0/s1. The number of nitrogens with one attached hydrogen (secondary N) is 2. The zero-order valence-corrected chi connectivity index (χ0v) is 18.5. The van der Waals surface area contributed by atoms with Gasteiger partial charge in [-0.15, -0.1) is 11.3 Å². The van der Waals surface area contributed by atoms with E-state index in [-0.39, 0.29) is 29.4 Å². The van der Waals surface area contributed by atoms with Gasteiger partial charge in [-0.1, -0.05) is 12.8 Å². The van der Waals surface area contributed by atoms with Crippen LogP contribution in [0.15, 0.2) is 59.0 Å². The summed E-state index contributed by atoms with van der Waals surface area (Å²) in [6.45, 7) is 0. The number of unbranched alkanes of at least 4 members (excludes halogenated alkanes) is 2. The number of H-pyrrole nitrogens is 1. The average molecular weight is 468 g/mol. The van der Waals surface area contributed by atoms with Gasteiger partial charge in [0.2, 0.25) is 5.78 Å². The molecule has 8 nitrogen and oxygen atoms in total. The van der Waals surface area contributed by atoms with Crippen LogP contribution in [-0.4, -0.2) is 31.6 Å². The zero-order chi connectivity index (χ0) is 23.0. The highest BCUT2D eigenvalue weighted by atomic mass is 32.1. The van der Waals surface area contributed by atoms with Crippen molar-refractivity contribution in [1.29, 1.82) is 0 Å². The number of benzene rings is 1. The molecule has 4 aromatic rings. The number of imidazole rings is 1. The summed E-state index contributed by atoms with van der Waals surface area (Å²) in [6.07, 6.45) is 9.35. The van der Waals surface area contributed by atoms with Gasteiger partial charge in [-0.2, -0.15) is 0 Å². The van der Waals surface area contributed by atoms with Crippen LogP contribution in [-0.2, 0) is 0 Å². The Morgan fingerprint density at radius 3 is 2.76 bits per heavy atom. The van der Waals surface area contributed by atoms with E-state index >= 15 is 0 Å². The molecule has 4 rings (SSSR count). The number of thiazole rings is 1. The van der Waals surface area contributed by atoms with Crippen molar-refractivity contribution in [2.45, 2.75) is 38.1 Å². The van der Waals surface area contributed by atoms with Crippen LogP contribution in [0.25, 0.3) is 11.3 Å². The van der Waals surface area contributed by atoms with Crippen molar-refractivity contribution in [3.05, 3.63) is 77.0 Å². The van der Waals surface area contributed by atoms with Crippen LogP contribution in [0.3, 0.4) is 0 Å². The number of aromatic nitrogens is 4. The minimum absolute atomic E-state index is 0.120. The molecule has 0 aliphatic carbocycles. The smallest absolute Gasteiger partial charge is 0.263 e. The fraction of sp³-hybridized carbons (Fsp3) is 0.261. The quantitative estimate of drug-likeness (QED) is 0.238. The first-order valence-electron chi connectivity index (χ1n) is 10.5. The molecule has 3 aromatic heterocycles. The summed E-state index contributed by atoms with van der Waals surface area (Å²) in [4.78, 5) is 40.7. The Hall–Kier alpha value is -3.66. The van der Waals surface area contributed by atoms with Crippen LogP contribution in [0.5, 0.6) is 0 Å². The predicted octanol–water partition coefficient (Wildman–Crippen LogP) is 4.96. The summed E-state index contributed by atoms with van der Waals surface area (Å²) in [5, 5.41) is 3.02. The largest absolute Gasteiger partial charge is 0.442 e. The van der Waals surface area contributed by atoms with Gasteiger partial charge in [-0.25, -0.2) is 14.4 Å². The number of carbonyl (C=O) groups is 2. The van der Waals surface area contributed by atoms with E-state index in [1.165, 1.54) is 42.1 Å². The van der Waals surface area contributed by atoms with Gasteiger partial charge in [0.25, 0.3) is 11.8 Å². The summed E-state index contributed by atoms with van der Waals surface area (Å²) < 4.78 is 18.3. The summed E-state index contributed by atoms with van der Waals surface area (Å²) in [7, 11) is 0. The first kappa shape index (κ1) is 22.5. The number of amides is 1. The third-order valence-electron chi connectivity index (χ3n) is 5.10. The third-order valence-corrected chi connectivity index (χ3v) is 5.87. The van der Waals surface area contributed by atoms with Gasteiger partial charge < -0.3 is 14.7 Å². The Balaban J connectivity index is 1.38. The lowest BCUT2D eigenvalue weighted by molar-refractivity contribution is 0.0935. The van der Waals surface area contributed by atoms with Crippen LogP contribution in [0.1, 0.15) is 64.3 Å². The molecule has 2 N–H and O–H groups in total. The van der Waals surface area contributed by atoms with Crippen molar-refractivity contribution in [1.82, 2.24) is 25.3 Å². The fourth-order valence-electron chi connectivity index (χ4n) is 3.40. The molecular weight excluding hydrogens is 445 g/mol. The number of oxazole rings is 1. The number of hydrogen-bond acceptors (Lipinski definition) is 7. The van der Waals surface area contributed by atoms with Gasteiger partial charge in [0, 0.05) is 18.2 Å². The monoisotopic (exact) mass is 467 g/mol. The second kappa shape index (κ2) is 10.8. The Labute approximate surface area is 193 Å². The predicted molar refractivity (Wildman–Crippen MR) is 120 cm³/mol. The van der Waals surface area contributed by atoms with Gasteiger partial charge in [0.05, 0.1) is 29.6 Å². The van der Waals surface area contributed by atoms with E-state index in [0.29, 0.717) is 35.7 Å². The van der Waals surface area contributed by atoms with Crippen molar-refractivity contribution < 1.29 is 18.4 Å². The maximum absolute atomic E-state index is 13.2. The summed E-state index contributed by atoms with van der Waals surface area (Å²) in [5.74, 6) is 0.0912. The molecule has 1 amide bonds. The summed E-state index contributed by atoms with van der Waals surface area (Å²) in [6, 6.07) is 5.73. The van der Waals surface area contributed by atoms with Crippen molar-refractivity contribution in [3.8, 4) is 11.3 Å². The molecule has 0 fully saturated rings. The van der Waals surface area contributed by atoms with Crippen LogP contribution in [0.2, 0.25) is 0 Å². The molecule has 0 spiro atoms. The topological polar surface area (TPSA) is 114 Å². The van der Waals surface area contributed by atoms with Gasteiger partial charge in [-0.05, 0) is 37.1 Å². The first-order valence-corrected chi connectivity index (χ1v) is 11.4. The van der Waals surface area contributed by atoms with E-state index in [0.717, 1.165) is 18.4 Å². The van der Waals surface area contributed by atoms with Crippen LogP contribution in [0.4, 0.5) is 4.39 Å². The van der Waals surface area contributed by atoms with Crippen LogP contribution < -0.4 is 5.32 Å². The van der Waals surface area contributed by atoms with Crippen molar-refractivity contribution in [2.24, 2.45) is 0 Å². The number of Topliss-reactive ketones (excluding diaryl/α,β-unsaturated/α-hetero) is 1. The van der Waals surface area contributed by atoms with Gasteiger partial charge in [0.15, 0.2) is 0 Å². The minimum atomic E-state index is -0.351. The number of halogens is 1. The summed E-state index contributed by atoms with van der Waals surface area (Å²) >= 11 is 1.26. The Bertz CT molecular complexity index is 1170. The fourth-order valence-corrected chi connectivity index (χ4v) is 3.92. The summed E-state index contributed by atoms with van der Waals surface area (Å²) in [5.41, 5.74) is 3.05. The zero-order valence-electron chi connectivity index (χ0n) is 17.7. The van der Waals surface area contributed by atoms with Crippen LogP contribution >= 0.6 is 11.3 Å². The second-order valence-corrected chi connectivity index (χ2v) is 8.32. The third kappa shape index (κ3) is 5.98. The number of carbonyl (C=O) groups excluding carboxylic acids is 2. The van der Waals surface area contributed by atoms with E-state index in [1.54, 1.807) is 23.8 Å². The van der Waals surface area contributed by atoms with Gasteiger partial charge in [-0.3, -0.25) is 14.6 Å². The number of ketones is 1. The van der Waals surface area contributed by atoms with E-state index in [4.69, 9.17) is 4.42 Å². The molecule has 3 heterocycles. The first-order chi connectivity index (χ1) is 16.1. The molecule has 1 atom stereocenters. The molecule has 170 valence electrons. The van der Waals surface area contributed by atoms with Crippen molar-refractivity contribution >= 4 is 23.0 Å². The lowest BCUT2D eigenvalue weighted by atomic mass is 10.0. The van der Waals surface area contributed by atoms with Crippen molar-refractivity contribution in [2.75, 3.05) is 0 Å². The van der Waals surface area contributed by atoms with E-state index in [9.17, 15) is 14.0 Å². The Morgan fingerprint density at radius 2 is 2.03 bits per heavy atom. The molecule has 10 heteroatoms. The number of hydrogen-bond donors (Lipinski definition) is 2. The molecule has 0 aliphatic rings. The normalized spacial score (nSPS) is 11.9. The molecule has 0 saturated heterocycles. The lowest BCUT2D eigenvalue weighted by Gasteiger charge is -2.16. The Morgan fingerprint density at radius 1 is 1.18 bits per heavy atom. The maximum Gasteiger partial charge on any atom is 0.263 e. The molecule has 33 heavy (non-hydrogen) atoms. The molecular formula is C23H22FN5O3S. The van der Waals surface area contributed by atoms with Gasteiger partial charge >= 0.3 is 0 Å².